The van der Waals surface area contributed by atoms with Gasteiger partial charge in [0, 0.05) is 28.5 Å². The molecule has 0 aliphatic rings. The topological polar surface area (TPSA) is 67.5 Å². The van der Waals surface area contributed by atoms with Crippen LogP contribution in [0.5, 0.6) is 0 Å². The van der Waals surface area contributed by atoms with Gasteiger partial charge in [-0.15, -0.1) is 24.0 Å². The van der Waals surface area contributed by atoms with Crippen LogP contribution in [0.1, 0.15) is 51.0 Å². The van der Waals surface area contributed by atoms with E-state index in [4.69, 9.17) is 5.73 Å². The van der Waals surface area contributed by atoms with Gasteiger partial charge in [-0.05, 0) is 24.1 Å². The molecule has 0 aromatic heterocycles. The lowest BCUT2D eigenvalue weighted by atomic mass is 10.1. The molecule has 1 aromatic carbocycles. The SMILES string of the molecule is CCCCCCCCNC(N)=NCc1ccc(S(C)=O)cc1.I. The van der Waals surface area contributed by atoms with Crippen LogP contribution in [0.4, 0.5) is 0 Å². The zero-order valence-corrected chi connectivity index (χ0v) is 17.4. The van der Waals surface area contributed by atoms with Crippen LogP contribution in [-0.4, -0.2) is 23.0 Å². The molecular formula is C17H30IN3OS. The summed E-state index contributed by atoms with van der Waals surface area (Å²) < 4.78 is 11.3. The van der Waals surface area contributed by atoms with E-state index in [0.717, 1.165) is 23.4 Å². The summed E-state index contributed by atoms with van der Waals surface area (Å²) in [5.74, 6) is 0.497. The summed E-state index contributed by atoms with van der Waals surface area (Å²) >= 11 is 0. The summed E-state index contributed by atoms with van der Waals surface area (Å²) in [6, 6.07) is 7.64. The van der Waals surface area contributed by atoms with Crippen LogP contribution in [0, 0.1) is 0 Å². The van der Waals surface area contributed by atoms with Crippen LogP contribution in [0.3, 0.4) is 0 Å². The highest BCUT2D eigenvalue weighted by Crippen LogP contribution is 2.08. The number of benzene rings is 1. The molecule has 6 heteroatoms. The van der Waals surface area contributed by atoms with E-state index in [9.17, 15) is 4.21 Å². The van der Waals surface area contributed by atoms with E-state index in [2.05, 4.69) is 17.2 Å². The van der Waals surface area contributed by atoms with Crippen molar-refractivity contribution < 1.29 is 4.21 Å². The van der Waals surface area contributed by atoms with Gasteiger partial charge in [0.25, 0.3) is 0 Å². The molecule has 3 N–H and O–H groups in total. The maximum absolute atomic E-state index is 11.3. The van der Waals surface area contributed by atoms with Gasteiger partial charge in [-0.2, -0.15) is 0 Å². The number of halogens is 1. The summed E-state index contributed by atoms with van der Waals surface area (Å²) in [4.78, 5) is 5.16. The number of unbranched alkanes of at least 4 members (excludes halogenated alkanes) is 5. The molecule has 0 saturated heterocycles. The van der Waals surface area contributed by atoms with Crippen LogP contribution in [0.15, 0.2) is 34.2 Å². The van der Waals surface area contributed by atoms with Crippen molar-refractivity contribution in [2.24, 2.45) is 10.7 Å². The second-order valence-corrected chi connectivity index (χ2v) is 6.87. The summed E-state index contributed by atoms with van der Waals surface area (Å²) in [6.45, 7) is 3.66. The Kier molecular flexibility index (Phi) is 13.4. The smallest absolute Gasteiger partial charge is 0.188 e. The fourth-order valence-corrected chi connectivity index (χ4v) is 2.66. The third kappa shape index (κ3) is 10.7. The van der Waals surface area contributed by atoms with Gasteiger partial charge in [0.2, 0.25) is 0 Å². The molecule has 0 radical (unpaired) electrons. The fourth-order valence-electron chi connectivity index (χ4n) is 2.14. The Bertz CT molecular complexity index is 477. The van der Waals surface area contributed by atoms with Crippen LogP contribution in [0.25, 0.3) is 0 Å². The highest BCUT2D eigenvalue weighted by atomic mass is 127. The first kappa shape index (κ1) is 22.4. The van der Waals surface area contributed by atoms with Crippen molar-refractivity contribution in [1.29, 1.82) is 0 Å². The maximum atomic E-state index is 11.3. The standard InChI is InChI=1S/C17H29N3OS.HI/c1-3-4-5-6-7-8-13-19-17(18)20-14-15-9-11-16(12-10-15)22(2)21;/h9-12H,3-8,13-14H2,1-2H3,(H3,18,19,20);1H. The molecule has 132 valence electrons. The van der Waals surface area contributed by atoms with Crippen molar-refractivity contribution in [3.05, 3.63) is 29.8 Å². The number of nitrogens with zero attached hydrogens (tertiary/aromatic N) is 1. The molecule has 1 rings (SSSR count). The quantitative estimate of drug-likeness (QED) is 0.246. The molecule has 0 fully saturated rings. The highest BCUT2D eigenvalue weighted by Gasteiger charge is 1.98. The van der Waals surface area contributed by atoms with Crippen molar-refractivity contribution in [3.63, 3.8) is 0 Å². The lowest BCUT2D eigenvalue weighted by Crippen LogP contribution is -2.32. The number of hydrogen-bond acceptors (Lipinski definition) is 2. The van der Waals surface area contributed by atoms with Crippen molar-refractivity contribution in [2.75, 3.05) is 12.8 Å². The molecule has 1 unspecified atom stereocenters. The summed E-state index contributed by atoms with van der Waals surface area (Å²) in [5.41, 5.74) is 6.92. The molecule has 0 aliphatic heterocycles. The molecule has 1 aromatic rings. The maximum Gasteiger partial charge on any atom is 0.188 e. The Balaban J connectivity index is 0.00000484. The monoisotopic (exact) mass is 451 g/mol. The average molecular weight is 451 g/mol. The van der Waals surface area contributed by atoms with E-state index in [1.807, 2.05) is 24.3 Å². The Morgan fingerprint density at radius 1 is 1.13 bits per heavy atom. The number of rotatable bonds is 10. The molecule has 4 nitrogen and oxygen atoms in total. The number of nitrogens with two attached hydrogens (primary N) is 1. The Morgan fingerprint density at radius 2 is 1.74 bits per heavy atom. The van der Waals surface area contributed by atoms with Crippen molar-refractivity contribution in [2.45, 2.75) is 56.9 Å². The zero-order chi connectivity index (χ0) is 16.2. The van der Waals surface area contributed by atoms with E-state index < -0.39 is 10.8 Å². The average Bonchev–Trinajstić information content (AvgIpc) is 2.52. The largest absolute Gasteiger partial charge is 0.370 e. The van der Waals surface area contributed by atoms with Crippen molar-refractivity contribution >= 4 is 40.7 Å². The lowest BCUT2D eigenvalue weighted by Gasteiger charge is -2.06. The molecule has 1 atom stereocenters. The first-order valence-corrected chi connectivity index (χ1v) is 9.65. The number of aliphatic imine (C=N–C) groups is 1. The van der Waals surface area contributed by atoms with Crippen molar-refractivity contribution in [1.82, 2.24) is 5.32 Å². The normalized spacial score (nSPS) is 12.5. The second-order valence-electron chi connectivity index (χ2n) is 5.49. The lowest BCUT2D eigenvalue weighted by molar-refractivity contribution is 0.601. The highest BCUT2D eigenvalue weighted by molar-refractivity contribution is 14.0. The predicted molar refractivity (Wildman–Crippen MR) is 111 cm³/mol. The second kappa shape index (κ2) is 13.8. The Hall–Kier alpha value is -0.630. The summed E-state index contributed by atoms with van der Waals surface area (Å²) in [5, 5.41) is 3.15. The van der Waals surface area contributed by atoms with Crippen molar-refractivity contribution in [3.8, 4) is 0 Å². The van der Waals surface area contributed by atoms with Gasteiger partial charge in [-0.1, -0.05) is 51.2 Å². The third-order valence-electron chi connectivity index (χ3n) is 3.52. The number of hydrogen-bond donors (Lipinski definition) is 2. The molecular weight excluding hydrogens is 421 g/mol. The zero-order valence-electron chi connectivity index (χ0n) is 14.2. The third-order valence-corrected chi connectivity index (χ3v) is 4.46. The van der Waals surface area contributed by atoms with Crippen LogP contribution >= 0.6 is 24.0 Å². The van der Waals surface area contributed by atoms with E-state index in [-0.39, 0.29) is 24.0 Å². The van der Waals surface area contributed by atoms with E-state index in [1.165, 1.54) is 32.1 Å². The van der Waals surface area contributed by atoms with Gasteiger partial charge in [0.05, 0.1) is 6.54 Å². The van der Waals surface area contributed by atoms with Gasteiger partial charge in [0.1, 0.15) is 0 Å². The first-order chi connectivity index (χ1) is 10.6. The van der Waals surface area contributed by atoms with E-state index in [1.54, 1.807) is 6.26 Å². The molecule has 0 saturated carbocycles. The van der Waals surface area contributed by atoms with Gasteiger partial charge < -0.3 is 11.1 Å². The molecule has 0 heterocycles. The summed E-state index contributed by atoms with van der Waals surface area (Å²) in [7, 11) is -0.932. The minimum Gasteiger partial charge on any atom is -0.370 e. The Morgan fingerprint density at radius 3 is 2.35 bits per heavy atom. The van der Waals surface area contributed by atoms with Gasteiger partial charge in [-0.3, -0.25) is 4.21 Å². The molecule has 23 heavy (non-hydrogen) atoms. The minimum absolute atomic E-state index is 0. The van der Waals surface area contributed by atoms with Crippen LogP contribution in [-0.2, 0) is 17.3 Å². The van der Waals surface area contributed by atoms with Gasteiger partial charge in [-0.25, -0.2) is 4.99 Å². The number of nitrogens with one attached hydrogen (secondary N) is 1. The van der Waals surface area contributed by atoms with Gasteiger partial charge in [0.15, 0.2) is 5.96 Å². The molecule has 0 spiro atoms. The van der Waals surface area contributed by atoms with Crippen LogP contribution in [0.2, 0.25) is 0 Å². The fraction of sp³-hybridized carbons (Fsp3) is 0.588. The van der Waals surface area contributed by atoms with E-state index >= 15 is 0 Å². The summed E-state index contributed by atoms with van der Waals surface area (Å²) in [6.07, 6.45) is 9.31. The van der Waals surface area contributed by atoms with Gasteiger partial charge >= 0.3 is 0 Å². The predicted octanol–water partition coefficient (Wildman–Crippen LogP) is 3.81. The first-order valence-electron chi connectivity index (χ1n) is 8.09. The molecule has 0 amide bonds. The molecule has 0 bridgehead atoms. The molecule has 0 aliphatic carbocycles. The van der Waals surface area contributed by atoms with E-state index in [0.29, 0.717) is 12.5 Å². The number of guanidine groups is 1. The van der Waals surface area contributed by atoms with Crippen LogP contribution < -0.4 is 11.1 Å². The minimum atomic E-state index is -0.932. The Labute approximate surface area is 160 Å².